The van der Waals surface area contributed by atoms with Gasteiger partial charge in [0.25, 0.3) is 0 Å². The number of carbonyl (C=O) groups excluding carboxylic acids is 2. The molecule has 0 aliphatic heterocycles. The number of carbonyl (C=O) groups is 2. The predicted octanol–water partition coefficient (Wildman–Crippen LogP) is 4.89. The van der Waals surface area contributed by atoms with Crippen molar-refractivity contribution in [2.75, 3.05) is 6.61 Å². The van der Waals surface area contributed by atoms with Gasteiger partial charge >= 0.3 is 18.1 Å². The van der Waals surface area contributed by atoms with Crippen LogP contribution in [0.3, 0.4) is 0 Å². The number of alkyl halides is 3. The molecule has 0 fully saturated rings. The lowest BCUT2D eigenvalue weighted by Gasteiger charge is -2.08. The molecule has 27 heavy (non-hydrogen) atoms. The second-order valence-corrected chi connectivity index (χ2v) is 5.53. The van der Waals surface area contributed by atoms with E-state index in [1.807, 2.05) is 6.92 Å². The quantitative estimate of drug-likeness (QED) is 0.408. The summed E-state index contributed by atoms with van der Waals surface area (Å²) in [6, 6.07) is 10.0. The maximum absolute atomic E-state index is 12.5. The summed E-state index contributed by atoms with van der Waals surface area (Å²) in [6.45, 7) is 2.24. The number of hydrogen-bond acceptors (Lipinski definition) is 4. The zero-order valence-electron chi connectivity index (χ0n) is 14.5. The summed E-state index contributed by atoms with van der Waals surface area (Å²) in [6.07, 6.45) is -0.883. The van der Waals surface area contributed by atoms with Crippen molar-refractivity contribution in [1.29, 1.82) is 0 Å². The van der Waals surface area contributed by atoms with Crippen LogP contribution in [0.2, 0.25) is 0 Å². The fraction of sp³-hybridized carbons (Fsp3) is 0.200. The van der Waals surface area contributed by atoms with Crippen LogP contribution in [0.5, 0.6) is 5.75 Å². The highest BCUT2D eigenvalue weighted by molar-refractivity contribution is 5.91. The van der Waals surface area contributed by atoms with E-state index in [9.17, 15) is 22.8 Å². The number of halogens is 3. The molecule has 0 aromatic heterocycles. The van der Waals surface area contributed by atoms with Gasteiger partial charge in [-0.1, -0.05) is 19.1 Å². The Kier molecular flexibility index (Phi) is 6.76. The van der Waals surface area contributed by atoms with Crippen molar-refractivity contribution < 1.29 is 32.2 Å². The van der Waals surface area contributed by atoms with E-state index in [1.54, 1.807) is 18.2 Å². The van der Waals surface area contributed by atoms with Gasteiger partial charge in [0.15, 0.2) is 0 Å². The van der Waals surface area contributed by atoms with Crippen LogP contribution in [0.25, 0.3) is 6.08 Å². The summed E-state index contributed by atoms with van der Waals surface area (Å²) >= 11 is 0. The van der Waals surface area contributed by atoms with Crippen LogP contribution in [0.1, 0.15) is 34.8 Å². The van der Waals surface area contributed by atoms with Crippen LogP contribution in [0.15, 0.2) is 54.6 Å². The molecule has 0 amide bonds. The SMILES string of the molecule is CCCOC(=O)C=Cc1ccc(OC(=O)c2ccc(C(F)(F)F)cc2)cc1. The molecule has 2 rings (SSSR count). The van der Waals surface area contributed by atoms with E-state index in [1.165, 1.54) is 18.2 Å². The molecule has 2 aromatic rings. The Morgan fingerprint density at radius 3 is 2.19 bits per heavy atom. The van der Waals surface area contributed by atoms with Gasteiger partial charge in [-0.3, -0.25) is 0 Å². The molecule has 0 saturated carbocycles. The summed E-state index contributed by atoms with van der Waals surface area (Å²) in [5.41, 5.74) is -0.143. The summed E-state index contributed by atoms with van der Waals surface area (Å²) < 4.78 is 47.6. The Morgan fingerprint density at radius 1 is 1.00 bits per heavy atom. The molecule has 142 valence electrons. The summed E-state index contributed by atoms with van der Waals surface area (Å²) in [7, 11) is 0. The molecule has 0 radical (unpaired) electrons. The van der Waals surface area contributed by atoms with Gasteiger partial charge in [0.05, 0.1) is 17.7 Å². The maximum atomic E-state index is 12.5. The first-order chi connectivity index (χ1) is 12.8. The number of rotatable bonds is 6. The van der Waals surface area contributed by atoms with E-state index < -0.39 is 23.7 Å². The molecule has 0 atom stereocenters. The van der Waals surface area contributed by atoms with Gasteiger partial charge in [0.1, 0.15) is 5.75 Å². The van der Waals surface area contributed by atoms with Gasteiger partial charge in [0, 0.05) is 6.08 Å². The molecule has 7 heteroatoms. The summed E-state index contributed by atoms with van der Waals surface area (Å²) in [4.78, 5) is 23.4. The average molecular weight is 378 g/mol. The second-order valence-electron chi connectivity index (χ2n) is 5.53. The van der Waals surface area contributed by atoms with Crippen molar-refractivity contribution in [3.63, 3.8) is 0 Å². The second kappa shape index (κ2) is 9.02. The zero-order chi connectivity index (χ0) is 19.9. The van der Waals surface area contributed by atoms with Crippen molar-refractivity contribution >= 4 is 18.0 Å². The lowest BCUT2D eigenvalue weighted by Crippen LogP contribution is -2.10. The highest BCUT2D eigenvalue weighted by atomic mass is 19.4. The topological polar surface area (TPSA) is 52.6 Å². The van der Waals surface area contributed by atoms with Crippen LogP contribution < -0.4 is 4.74 Å². The van der Waals surface area contributed by atoms with Gasteiger partial charge in [0.2, 0.25) is 0 Å². The summed E-state index contributed by atoms with van der Waals surface area (Å²) in [5.74, 6) is -0.990. The first kappa shape index (κ1) is 20.2. The Morgan fingerprint density at radius 2 is 1.63 bits per heavy atom. The first-order valence-corrected chi connectivity index (χ1v) is 8.14. The molecule has 0 bridgehead atoms. The van der Waals surface area contributed by atoms with Gasteiger partial charge in [-0.2, -0.15) is 13.2 Å². The molecule has 0 aliphatic rings. The molecule has 0 saturated heterocycles. The third-order valence-corrected chi connectivity index (χ3v) is 3.40. The highest BCUT2D eigenvalue weighted by Crippen LogP contribution is 2.29. The number of esters is 2. The van der Waals surface area contributed by atoms with Crippen molar-refractivity contribution in [3.8, 4) is 5.75 Å². The van der Waals surface area contributed by atoms with Crippen LogP contribution in [-0.4, -0.2) is 18.5 Å². The largest absolute Gasteiger partial charge is 0.463 e. The first-order valence-electron chi connectivity index (χ1n) is 8.14. The molecule has 0 N–H and O–H groups in total. The standard InChI is InChI=1S/C20H17F3O4/c1-2-13-26-18(24)12-5-14-3-10-17(11-4-14)27-19(25)15-6-8-16(9-7-15)20(21,22)23/h3-12H,2,13H2,1H3. The van der Waals surface area contributed by atoms with Gasteiger partial charge < -0.3 is 9.47 Å². The minimum Gasteiger partial charge on any atom is -0.463 e. The molecule has 0 heterocycles. The van der Waals surface area contributed by atoms with E-state index in [4.69, 9.17) is 9.47 Å². The molecule has 0 unspecified atom stereocenters. The fourth-order valence-electron chi connectivity index (χ4n) is 2.02. The lowest BCUT2D eigenvalue weighted by molar-refractivity contribution is -0.138. The number of hydrogen-bond donors (Lipinski definition) is 0. The normalized spacial score (nSPS) is 11.4. The fourth-order valence-corrected chi connectivity index (χ4v) is 2.02. The predicted molar refractivity (Wildman–Crippen MR) is 93.1 cm³/mol. The zero-order valence-corrected chi connectivity index (χ0v) is 14.5. The maximum Gasteiger partial charge on any atom is 0.416 e. The van der Waals surface area contributed by atoms with Gasteiger partial charge in [-0.25, -0.2) is 9.59 Å². The Labute approximate surface area is 154 Å². The molecule has 2 aromatic carbocycles. The van der Waals surface area contributed by atoms with E-state index in [2.05, 4.69) is 0 Å². The minimum absolute atomic E-state index is 0.00522. The monoisotopic (exact) mass is 378 g/mol. The van der Waals surface area contributed by atoms with Crippen LogP contribution >= 0.6 is 0 Å². The van der Waals surface area contributed by atoms with Crippen LogP contribution in [-0.2, 0) is 15.7 Å². The third-order valence-electron chi connectivity index (χ3n) is 3.40. The Balaban J connectivity index is 1.96. The van der Waals surface area contributed by atoms with Gasteiger partial charge in [-0.15, -0.1) is 0 Å². The lowest BCUT2D eigenvalue weighted by atomic mass is 10.1. The van der Waals surface area contributed by atoms with Crippen LogP contribution in [0.4, 0.5) is 13.2 Å². The van der Waals surface area contributed by atoms with E-state index in [-0.39, 0.29) is 11.3 Å². The highest BCUT2D eigenvalue weighted by Gasteiger charge is 2.30. The van der Waals surface area contributed by atoms with E-state index >= 15 is 0 Å². The molecule has 0 spiro atoms. The van der Waals surface area contributed by atoms with Crippen molar-refractivity contribution in [2.24, 2.45) is 0 Å². The van der Waals surface area contributed by atoms with E-state index in [0.717, 1.165) is 30.7 Å². The molecule has 0 aliphatic carbocycles. The molecule has 4 nitrogen and oxygen atoms in total. The van der Waals surface area contributed by atoms with E-state index in [0.29, 0.717) is 12.2 Å². The average Bonchev–Trinajstić information content (AvgIpc) is 2.65. The van der Waals surface area contributed by atoms with Crippen molar-refractivity contribution in [3.05, 3.63) is 71.3 Å². The minimum atomic E-state index is -4.46. The molecular weight excluding hydrogens is 361 g/mol. The van der Waals surface area contributed by atoms with Gasteiger partial charge in [-0.05, 0) is 54.5 Å². The Bertz CT molecular complexity index is 807. The third kappa shape index (κ3) is 6.29. The Hall–Kier alpha value is -3.09. The van der Waals surface area contributed by atoms with Crippen molar-refractivity contribution in [2.45, 2.75) is 19.5 Å². The molecular formula is C20H17F3O4. The van der Waals surface area contributed by atoms with Crippen LogP contribution in [0, 0.1) is 0 Å². The number of ether oxygens (including phenoxy) is 2. The number of benzene rings is 2. The smallest absolute Gasteiger partial charge is 0.416 e. The van der Waals surface area contributed by atoms with Crippen molar-refractivity contribution in [1.82, 2.24) is 0 Å². The summed E-state index contributed by atoms with van der Waals surface area (Å²) in [5, 5.41) is 0.